The van der Waals surface area contributed by atoms with Gasteiger partial charge in [0, 0.05) is 24.5 Å². The fourth-order valence-electron chi connectivity index (χ4n) is 3.08. The van der Waals surface area contributed by atoms with Crippen molar-refractivity contribution in [1.82, 2.24) is 4.31 Å². The monoisotopic (exact) mass is 473 g/mol. The van der Waals surface area contributed by atoms with E-state index in [-0.39, 0.29) is 54.9 Å². The van der Waals surface area contributed by atoms with Gasteiger partial charge in [-0.15, -0.1) is 0 Å². The topological polar surface area (TPSA) is 97.0 Å². The molecule has 0 aromatic heterocycles. The van der Waals surface area contributed by atoms with E-state index < -0.39 is 27.7 Å². The number of rotatable bonds is 7. The first-order chi connectivity index (χ1) is 15.1. The molecule has 0 saturated carbocycles. The molecule has 1 aliphatic heterocycles. The molecule has 1 fully saturated rings. The number of hydrogen-bond acceptors (Lipinski definition) is 6. The van der Waals surface area contributed by atoms with Crippen LogP contribution in [-0.4, -0.2) is 58.6 Å². The van der Waals surface area contributed by atoms with Crippen LogP contribution in [0.5, 0.6) is 5.75 Å². The Bertz CT molecular complexity index is 1070. The summed E-state index contributed by atoms with van der Waals surface area (Å²) in [6.45, 7) is 0.628. The molecular formula is C20H22F3N3O5S. The highest BCUT2D eigenvalue weighted by Crippen LogP contribution is 2.31. The Morgan fingerprint density at radius 1 is 1.12 bits per heavy atom. The van der Waals surface area contributed by atoms with Gasteiger partial charge in [-0.2, -0.15) is 17.5 Å². The molecule has 174 valence electrons. The molecule has 2 N–H and O–H groups in total. The number of sulfonamides is 1. The molecule has 32 heavy (non-hydrogen) atoms. The van der Waals surface area contributed by atoms with Crippen LogP contribution in [0.3, 0.4) is 0 Å². The standard InChI is InChI=1S/C20H22F3N3O5S/c1-30-17-6-5-16(12-18(17)32(28,29)26-7-9-31-10-8-26)25-19(27)13-24-15-4-2-3-14(11-15)20(21,22)23/h2-6,11-12,24H,7-10,13H2,1H3,(H,25,27). The maximum absolute atomic E-state index is 13.0. The lowest BCUT2D eigenvalue weighted by atomic mass is 10.2. The van der Waals surface area contributed by atoms with Crippen LogP contribution in [0.15, 0.2) is 47.4 Å². The number of amides is 1. The molecular weight excluding hydrogens is 451 g/mol. The Morgan fingerprint density at radius 3 is 2.50 bits per heavy atom. The summed E-state index contributed by atoms with van der Waals surface area (Å²) in [5.41, 5.74) is -0.509. The van der Waals surface area contributed by atoms with Gasteiger partial charge in [0.15, 0.2) is 0 Å². The third kappa shape index (κ3) is 5.69. The molecule has 1 saturated heterocycles. The minimum atomic E-state index is -4.49. The smallest absolute Gasteiger partial charge is 0.416 e. The Kier molecular flexibility index (Phi) is 7.26. The Balaban J connectivity index is 1.71. The summed E-state index contributed by atoms with van der Waals surface area (Å²) in [5, 5.41) is 5.16. The first-order valence-corrected chi connectivity index (χ1v) is 11.0. The van der Waals surface area contributed by atoms with Crippen LogP contribution in [0.4, 0.5) is 24.5 Å². The van der Waals surface area contributed by atoms with Crippen LogP contribution in [0.2, 0.25) is 0 Å². The van der Waals surface area contributed by atoms with E-state index in [4.69, 9.17) is 9.47 Å². The highest BCUT2D eigenvalue weighted by molar-refractivity contribution is 7.89. The molecule has 8 nitrogen and oxygen atoms in total. The van der Waals surface area contributed by atoms with E-state index in [0.29, 0.717) is 0 Å². The Morgan fingerprint density at radius 2 is 1.84 bits per heavy atom. The molecule has 0 unspecified atom stereocenters. The molecule has 0 bridgehead atoms. The molecule has 0 spiro atoms. The number of nitrogens with zero attached hydrogens (tertiary/aromatic N) is 1. The molecule has 1 amide bonds. The average Bonchev–Trinajstić information content (AvgIpc) is 2.78. The molecule has 2 aromatic carbocycles. The van der Waals surface area contributed by atoms with Gasteiger partial charge in [0.25, 0.3) is 0 Å². The van der Waals surface area contributed by atoms with Crippen molar-refractivity contribution >= 4 is 27.3 Å². The second-order valence-electron chi connectivity index (χ2n) is 6.86. The third-order valence-corrected chi connectivity index (χ3v) is 6.60. The highest BCUT2D eigenvalue weighted by Gasteiger charge is 2.31. The van der Waals surface area contributed by atoms with Gasteiger partial charge in [-0.1, -0.05) is 6.07 Å². The second kappa shape index (κ2) is 9.76. The number of alkyl halides is 3. The minimum Gasteiger partial charge on any atom is -0.495 e. The predicted octanol–water partition coefficient (Wildman–Crippen LogP) is 2.79. The van der Waals surface area contributed by atoms with Gasteiger partial charge >= 0.3 is 6.18 Å². The largest absolute Gasteiger partial charge is 0.495 e. The van der Waals surface area contributed by atoms with E-state index in [1.807, 2.05) is 0 Å². The summed E-state index contributed by atoms with van der Waals surface area (Å²) in [7, 11) is -2.54. The van der Waals surface area contributed by atoms with Gasteiger partial charge in [-0.25, -0.2) is 8.42 Å². The Labute approximate surface area is 183 Å². The van der Waals surface area contributed by atoms with E-state index in [0.717, 1.165) is 12.1 Å². The van der Waals surface area contributed by atoms with E-state index in [2.05, 4.69) is 10.6 Å². The van der Waals surface area contributed by atoms with Crippen molar-refractivity contribution in [3.05, 3.63) is 48.0 Å². The van der Waals surface area contributed by atoms with Gasteiger partial charge in [0.1, 0.15) is 10.6 Å². The van der Waals surface area contributed by atoms with Crippen molar-refractivity contribution in [3.63, 3.8) is 0 Å². The number of nitrogens with one attached hydrogen (secondary N) is 2. The zero-order valence-corrected chi connectivity index (χ0v) is 17.9. The van der Waals surface area contributed by atoms with Gasteiger partial charge < -0.3 is 20.1 Å². The first kappa shape index (κ1) is 23.8. The molecule has 0 radical (unpaired) electrons. The second-order valence-corrected chi connectivity index (χ2v) is 8.77. The zero-order valence-electron chi connectivity index (χ0n) is 17.1. The number of ether oxygens (including phenoxy) is 2. The maximum atomic E-state index is 13.0. The van der Waals surface area contributed by atoms with Crippen LogP contribution >= 0.6 is 0 Å². The van der Waals surface area contributed by atoms with Crippen LogP contribution < -0.4 is 15.4 Å². The van der Waals surface area contributed by atoms with Crippen molar-refractivity contribution in [2.24, 2.45) is 0 Å². The normalized spacial score (nSPS) is 15.2. The Hall–Kier alpha value is -2.83. The van der Waals surface area contributed by atoms with Crippen LogP contribution in [0.1, 0.15) is 5.56 Å². The van der Waals surface area contributed by atoms with E-state index in [9.17, 15) is 26.4 Å². The van der Waals surface area contributed by atoms with E-state index in [1.54, 1.807) is 0 Å². The van der Waals surface area contributed by atoms with Crippen LogP contribution in [-0.2, 0) is 25.7 Å². The summed E-state index contributed by atoms with van der Waals surface area (Å²) < 4.78 is 76.1. The van der Waals surface area contributed by atoms with Gasteiger partial charge in [-0.05, 0) is 36.4 Å². The van der Waals surface area contributed by atoms with E-state index >= 15 is 0 Å². The molecule has 2 aromatic rings. The molecule has 12 heteroatoms. The molecule has 0 aliphatic carbocycles. The summed E-state index contributed by atoms with van der Waals surface area (Å²) in [6, 6.07) is 8.64. The molecule has 3 rings (SSSR count). The molecule has 0 atom stereocenters. The van der Waals surface area contributed by atoms with Gasteiger partial charge in [0.2, 0.25) is 15.9 Å². The van der Waals surface area contributed by atoms with Crippen molar-refractivity contribution in [3.8, 4) is 5.75 Å². The van der Waals surface area contributed by atoms with Gasteiger partial charge in [-0.3, -0.25) is 4.79 Å². The number of benzene rings is 2. The maximum Gasteiger partial charge on any atom is 0.416 e. The molecule has 1 heterocycles. The fourth-order valence-corrected chi connectivity index (χ4v) is 4.66. The summed E-state index contributed by atoms with van der Waals surface area (Å²) in [4.78, 5) is 12.2. The van der Waals surface area contributed by atoms with Crippen molar-refractivity contribution in [1.29, 1.82) is 0 Å². The number of methoxy groups -OCH3 is 1. The lowest BCUT2D eigenvalue weighted by Gasteiger charge is -2.26. The number of halogens is 3. The third-order valence-electron chi connectivity index (χ3n) is 4.68. The number of hydrogen-bond donors (Lipinski definition) is 2. The van der Waals surface area contributed by atoms with Crippen LogP contribution in [0.25, 0.3) is 0 Å². The quantitative estimate of drug-likeness (QED) is 0.642. The van der Waals surface area contributed by atoms with E-state index in [1.165, 1.54) is 41.7 Å². The number of carbonyl (C=O) groups is 1. The highest BCUT2D eigenvalue weighted by atomic mass is 32.2. The van der Waals surface area contributed by atoms with Gasteiger partial charge in [0.05, 0.1) is 32.4 Å². The summed E-state index contributed by atoms with van der Waals surface area (Å²) in [6.07, 6.45) is -4.49. The SMILES string of the molecule is COc1ccc(NC(=O)CNc2cccc(C(F)(F)F)c2)cc1S(=O)(=O)N1CCOCC1. The van der Waals surface area contributed by atoms with Crippen molar-refractivity contribution in [2.45, 2.75) is 11.1 Å². The average molecular weight is 473 g/mol. The van der Waals surface area contributed by atoms with Crippen molar-refractivity contribution in [2.75, 3.05) is 50.6 Å². The predicted molar refractivity (Wildman–Crippen MR) is 111 cm³/mol. The molecule has 1 aliphatic rings. The summed E-state index contributed by atoms with van der Waals surface area (Å²) in [5.74, 6) is -0.445. The fraction of sp³-hybridized carbons (Fsp3) is 0.350. The lowest BCUT2D eigenvalue weighted by molar-refractivity contribution is -0.137. The number of anilines is 2. The minimum absolute atomic E-state index is 0.106. The number of morpholine rings is 1. The van der Waals surface area contributed by atoms with Crippen LogP contribution in [0, 0.1) is 0 Å². The summed E-state index contributed by atoms with van der Waals surface area (Å²) >= 11 is 0. The van der Waals surface area contributed by atoms with Crippen molar-refractivity contribution < 1.29 is 35.9 Å². The lowest BCUT2D eigenvalue weighted by Crippen LogP contribution is -2.40. The number of carbonyl (C=O) groups excluding carboxylic acids is 1. The zero-order chi connectivity index (χ0) is 23.4. The first-order valence-electron chi connectivity index (χ1n) is 9.58.